The lowest BCUT2D eigenvalue weighted by Gasteiger charge is -2.34. The number of carbonyl (C=O) groups is 1. The van der Waals surface area contributed by atoms with Crippen molar-refractivity contribution in [2.75, 3.05) is 13.2 Å². The second kappa shape index (κ2) is 4.74. The number of nitrogens with zero attached hydrogens (tertiary/aromatic N) is 1. The van der Waals surface area contributed by atoms with Crippen molar-refractivity contribution in [3.8, 4) is 0 Å². The third-order valence-corrected chi connectivity index (χ3v) is 5.42. The normalized spacial score (nSPS) is 42.7. The van der Waals surface area contributed by atoms with Gasteiger partial charge in [0, 0.05) is 31.2 Å². The van der Waals surface area contributed by atoms with E-state index in [0.717, 1.165) is 19.6 Å². The largest absolute Gasteiger partial charge is 0.378 e. The molecule has 4 atom stereocenters. The predicted molar refractivity (Wildman–Crippen MR) is 71.8 cm³/mol. The van der Waals surface area contributed by atoms with Crippen molar-refractivity contribution in [2.45, 2.75) is 69.2 Å². The van der Waals surface area contributed by atoms with Crippen molar-refractivity contribution in [1.29, 1.82) is 0 Å². The van der Waals surface area contributed by atoms with E-state index in [9.17, 15) is 4.79 Å². The molecule has 2 aliphatic heterocycles. The third kappa shape index (κ3) is 2.19. The van der Waals surface area contributed by atoms with Gasteiger partial charge in [-0.05, 0) is 44.9 Å². The average Bonchev–Trinajstić information content (AvgIpc) is 3.02. The molecule has 4 nitrogen and oxygen atoms in total. The molecule has 0 radical (unpaired) electrons. The van der Waals surface area contributed by atoms with E-state index in [1.807, 2.05) is 0 Å². The van der Waals surface area contributed by atoms with E-state index < -0.39 is 0 Å². The van der Waals surface area contributed by atoms with E-state index in [1.54, 1.807) is 0 Å². The van der Waals surface area contributed by atoms with E-state index in [0.29, 0.717) is 30.0 Å². The van der Waals surface area contributed by atoms with Crippen molar-refractivity contribution in [1.82, 2.24) is 10.2 Å². The van der Waals surface area contributed by atoms with Crippen LogP contribution in [0.1, 0.15) is 44.9 Å². The van der Waals surface area contributed by atoms with Crippen LogP contribution in [0.3, 0.4) is 0 Å². The fourth-order valence-electron chi connectivity index (χ4n) is 4.25. The monoisotopic (exact) mass is 264 g/mol. The highest BCUT2D eigenvalue weighted by Gasteiger charge is 2.43. The molecule has 1 N–H and O–H groups in total. The van der Waals surface area contributed by atoms with Crippen LogP contribution < -0.4 is 5.32 Å². The van der Waals surface area contributed by atoms with Crippen molar-refractivity contribution >= 4 is 5.91 Å². The summed E-state index contributed by atoms with van der Waals surface area (Å²) in [5.41, 5.74) is 0. The molecule has 0 aromatic rings. The molecule has 0 spiro atoms. The lowest BCUT2D eigenvalue weighted by atomic mass is 9.81. The van der Waals surface area contributed by atoms with E-state index in [-0.39, 0.29) is 6.04 Å². The van der Waals surface area contributed by atoms with Crippen LogP contribution in [0.5, 0.6) is 0 Å². The molecule has 1 amide bonds. The molecular formula is C15H24N2O2. The van der Waals surface area contributed by atoms with Crippen LogP contribution in [0.4, 0.5) is 0 Å². The molecule has 4 heteroatoms. The lowest BCUT2D eigenvalue weighted by molar-refractivity contribution is -0.130. The van der Waals surface area contributed by atoms with Crippen molar-refractivity contribution in [3.63, 3.8) is 0 Å². The summed E-state index contributed by atoms with van der Waals surface area (Å²) >= 11 is 0. The third-order valence-electron chi connectivity index (χ3n) is 5.42. The Bertz CT molecular complexity index is 369. The number of carbonyl (C=O) groups excluding carboxylic acids is 1. The molecule has 4 fully saturated rings. The highest BCUT2D eigenvalue weighted by atomic mass is 16.5. The molecule has 4 aliphatic rings. The molecule has 0 unspecified atom stereocenters. The molecule has 0 aromatic heterocycles. The van der Waals surface area contributed by atoms with Crippen LogP contribution in [0.15, 0.2) is 0 Å². The summed E-state index contributed by atoms with van der Waals surface area (Å²) in [6.07, 6.45) is 8.77. The van der Waals surface area contributed by atoms with Crippen LogP contribution >= 0.6 is 0 Å². The van der Waals surface area contributed by atoms with Crippen molar-refractivity contribution in [3.05, 3.63) is 0 Å². The number of nitrogens with one attached hydrogen (secondary N) is 1. The van der Waals surface area contributed by atoms with Gasteiger partial charge in [0.05, 0.1) is 12.1 Å². The summed E-state index contributed by atoms with van der Waals surface area (Å²) in [5, 5.41) is 3.68. The standard InChI is InChI=1S/C15H24N2O2/c18-15-13(6-8-17(15)10-4-5-10)16-12-2-1-3-14-11(12)7-9-19-14/h10-14,16H,1-9H2/t11-,12-,13-,14+/m1/s1. The molecule has 106 valence electrons. The van der Waals surface area contributed by atoms with Crippen LogP contribution in [-0.4, -0.2) is 48.2 Å². The zero-order valence-corrected chi connectivity index (χ0v) is 11.5. The smallest absolute Gasteiger partial charge is 0.240 e. The molecule has 0 bridgehead atoms. The minimum atomic E-state index is 0.0879. The Morgan fingerprint density at radius 3 is 2.84 bits per heavy atom. The number of hydrogen-bond donors (Lipinski definition) is 1. The van der Waals surface area contributed by atoms with Crippen molar-refractivity contribution in [2.24, 2.45) is 5.92 Å². The molecule has 4 rings (SSSR count). The van der Waals surface area contributed by atoms with Crippen molar-refractivity contribution < 1.29 is 9.53 Å². The summed E-state index contributed by atoms with van der Waals surface area (Å²) in [4.78, 5) is 14.5. The van der Waals surface area contributed by atoms with Crippen LogP contribution in [0, 0.1) is 5.92 Å². The van der Waals surface area contributed by atoms with Gasteiger partial charge in [0.25, 0.3) is 0 Å². The fourth-order valence-corrected chi connectivity index (χ4v) is 4.25. The summed E-state index contributed by atoms with van der Waals surface area (Å²) in [6.45, 7) is 1.89. The molecular weight excluding hydrogens is 240 g/mol. The second-order valence-corrected chi connectivity index (χ2v) is 6.67. The predicted octanol–water partition coefficient (Wildman–Crippen LogP) is 1.30. The van der Waals surface area contributed by atoms with Gasteiger partial charge in [-0.2, -0.15) is 0 Å². The quantitative estimate of drug-likeness (QED) is 0.835. The fraction of sp³-hybridized carbons (Fsp3) is 0.933. The highest BCUT2D eigenvalue weighted by Crippen LogP contribution is 2.36. The van der Waals surface area contributed by atoms with Gasteiger partial charge in [-0.15, -0.1) is 0 Å². The average molecular weight is 264 g/mol. The minimum Gasteiger partial charge on any atom is -0.378 e. The Balaban J connectivity index is 1.39. The molecule has 2 heterocycles. The number of ether oxygens (including phenoxy) is 1. The van der Waals surface area contributed by atoms with E-state index in [4.69, 9.17) is 4.74 Å². The first kappa shape index (κ1) is 12.2. The van der Waals surface area contributed by atoms with Gasteiger partial charge >= 0.3 is 0 Å². The number of rotatable bonds is 3. The molecule has 2 aliphatic carbocycles. The number of amides is 1. The Kier molecular flexibility index (Phi) is 3.03. The first-order valence-electron chi connectivity index (χ1n) is 8.01. The zero-order valence-electron chi connectivity index (χ0n) is 11.5. The molecule has 0 aromatic carbocycles. The summed E-state index contributed by atoms with van der Waals surface area (Å²) < 4.78 is 5.81. The van der Waals surface area contributed by atoms with E-state index >= 15 is 0 Å². The maximum atomic E-state index is 12.4. The first-order valence-corrected chi connectivity index (χ1v) is 8.01. The first-order chi connectivity index (χ1) is 9.33. The Morgan fingerprint density at radius 1 is 1.11 bits per heavy atom. The second-order valence-electron chi connectivity index (χ2n) is 6.67. The molecule has 2 saturated carbocycles. The summed E-state index contributed by atoms with van der Waals surface area (Å²) in [6, 6.07) is 1.17. The Morgan fingerprint density at radius 2 is 2.00 bits per heavy atom. The summed E-state index contributed by atoms with van der Waals surface area (Å²) in [7, 11) is 0. The van der Waals surface area contributed by atoms with Gasteiger partial charge in [0.1, 0.15) is 0 Å². The maximum Gasteiger partial charge on any atom is 0.240 e. The SMILES string of the molecule is O=C1[C@H](N[C@@H]2CCC[C@@H]3OCC[C@@H]32)CCN1C1CC1. The van der Waals surface area contributed by atoms with Gasteiger partial charge in [0.2, 0.25) is 5.91 Å². The lowest BCUT2D eigenvalue weighted by Crippen LogP contribution is -2.50. The topological polar surface area (TPSA) is 41.6 Å². The van der Waals surface area contributed by atoms with Gasteiger partial charge in [-0.1, -0.05) is 0 Å². The number of likely N-dealkylation sites (tertiary alicyclic amines) is 1. The van der Waals surface area contributed by atoms with E-state index in [2.05, 4.69) is 10.2 Å². The summed E-state index contributed by atoms with van der Waals surface area (Å²) in [5.74, 6) is 1.01. The molecule has 2 saturated heterocycles. The Hall–Kier alpha value is -0.610. The van der Waals surface area contributed by atoms with Gasteiger partial charge in [-0.3, -0.25) is 4.79 Å². The van der Waals surface area contributed by atoms with Gasteiger partial charge in [0.15, 0.2) is 0 Å². The van der Waals surface area contributed by atoms with Crippen LogP contribution in [0.25, 0.3) is 0 Å². The number of hydrogen-bond acceptors (Lipinski definition) is 3. The van der Waals surface area contributed by atoms with Crippen LogP contribution in [0.2, 0.25) is 0 Å². The van der Waals surface area contributed by atoms with Gasteiger partial charge in [-0.25, -0.2) is 0 Å². The molecule has 19 heavy (non-hydrogen) atoms. The van der Waals surface area contributed by atoms with Gasteiger partial charge < -0.3 is 15.0 Å². The number of fused-ring (bicyclic) bond motifs is 1. The van der Waals surface area contributed by atoms with Crippen LogP contribution in [-0.2, 0) is 9.53 Å². The Labute approximate surface area is 114 Å². The highest BCUT2D eigenvalue weighted by molar-refractivity contribution is 5.84. The minimum absolute atomic E-state index is 0.0879. The maximum absolute atomic E-state index is 12.4. The van der Waals surface area contributed by atoms with E-state index in [1.165, 1.54) is 38.5 Å². The zero-order chi connectivity index (χ0) is 12.8.